The van der Waals surface area contributed by atoms with E-state index in [-0.39, 0.29) is 10.6 Å². The summed E-state index contributed by atoms with van der Waals surface area (Å²) in [6.07, 6.45) is 9.04. The minimum atomic E-state index is -0.358. The highest BCUT2D eigenvalue weighted by Crippen LogP contribution is 2.25. The van der Waals surface area contributed by atoms with E-state index in [0.717, 1.165) is 17.5 Å². The number of ether oxygens (including phenoxy) is 1. The first-order valence-electron chi connectivity index (χ1n) is 8.32. The number of nitrogens with zero attached hydrogens (tertiary/aromatic N) is 2. The highest BCUT2D eigenvalue weighted by atomic mass is 16.6. The number of benzene rings is 1. The summed E-state index contributed by atoms with van der Waals surface area (Å²) in [5.41, 5.74) is 0.847. The van der Waals surface area contributed by atoms with Crippen LogP contribution in [0, 0.1) is 10.1 Å². The van der Waals surface area contributed by atoms with Crippen molar-refractivity contribution in [2.75, 3.05) is 6.61 Å². The van der Waals surface area contributed by atoms with Crippen molar-refractivity contribution in [2.45, 2.75) is 52.1 Å². The van der Waals surface area contributed by atoms with E-state index < -0.39 is 0 Å². The van der Waals surface area contributed by atoms with Gasteiger partial charge in [-0.2, -0.15) is 0 Å². The average molecular weight is 316 g/mol. The number of hydrogen-bond donors (Lipinski definition) is 0. The highest BCUT2D eigenvalue weighted by molar-refractivity contribution is 5.90. The lowest BCUT2D eigenvalue weighted by molar-refractivity contribution is -0.383. The average Bonchev–Trinajstić information content (AvgIpc) is 2.56. The Hall–Kier alpha value is -2.01. The lowest BCUT2D eigenvalue weighted by Gasteiger charge is -2.06. The fraction of sp³-hybridized carbons (Fsp3) is 0.500. The molecule has 1 aromatic heterocycles. The number of unbranched alkanes of at least 4 members (excludes halogenated alkanes) is 5. The molecule has 5 heteroatoms. The zero-order chi connectivity index (χ0) is 16.5. The van der Waals surface area contributed by atoms with Crippen LogP contribution in [0.15, 0.2) is 30.5 Å². The number of nitro groups is 1. The predicted octanol–water partition coefficient (Wildman–Crippen LogP) is 5.02. The first-order valence-corrected chi connectivity index (χ1v) is 8.32. The van der Waals surface area contributed by atoms with E-state index in [9.17, 15) is 10.1 Å². The van der Waals surface area contributed by atoms with Gasteiger partial charge in [-0.05, 0) is 12.5 Å². The van der Waals surface area contributed by atoms with Crippen LogP contribution in [0.4, 0.5) is 5.69 Å². The topological polar surface area (TPSA) is 65.3 Å². The van der Waals surface area contributed by atoms with Gasteiger partial charge in [0.05, 0.1) is 22.6 Å². The van der Waals surface area contributed by atoms with Crippen LogP contribution in [0.5, 0.6) is 0 Å². The summed E-state index contributed by atoms with van der Waals surface area (Å²) in [6.45, 7) is 3.32. The standard InChI is InChI=1S/C18H24N2O3/c1-2-3-4-5-6-7-11-23-14-16-12-17-15(13-19-16)9-8-10-18(17)20(21)22/h8-10,12-13H,2-7,11,14H2,1H3. The van der Waals surface area contributed by atoms with Crippen molar-refractivity contribution >= 4 is 16.5 Å². The van der Waals surface area contributed by atoms with Gasteiger partial charge in [0.1, 0.15) is 0 Å². The van der Waals surface area contributed by atoms with Gasteiger partial charge in [-0.25, -0.2) is 0 Å². The maximum atomic E-state index is 11.1. The first-order chi connectivity index (χ1) is 11.2. The molecular weight excluding hydrogens is 292 g/mol. The van der Waals surface area contributed by atoms with Crippen LogP contribution in [0.3, 0.4) is 0 Å². The van der Waals surface area contributed by atoms with Crippen molar-refractivity contribution in [3.8, 4) is 0 Å². The summed E-state index contributed by atoms with van der Waals surface area (Å²) in [5, 5.41) is 12.5. The smallest absolute Gasteiger partial charge is 0.277 e. The summed E-state index contributed by atoms with van der Waals surface area (Å²) < 4.78 is 5.64. The van der Waals surface area contributed by atoms with Crippen molar-refractivity contribution in [2.24, 2.45) is 0 Å². The second kappa shape index (κ2) is 9.20. The summed E-state index contributed by atoms with van der Waals surface area (Å²) in [7, 11) is 0. The van der Waals surface area contributed by atoms with Crippen molar-refractivity contribution in [1.29, 1.82) is 0 Å². The Bertz CT molecular complexity index is 643. The normalized spacial score (nSPS) is 11.0. The second-order valence-corrected chi connectivity index (χ2v) is 5.75. The van der Waals surface area contributed by atoms with E-state index in [2.05, 4.69) is 11.9 Å². The Labute approximate surface area is 136 Å². The molecule has 0 radical (unpaired) electrons. The Balaban J connectivity index is 1.84. The van der Waals surface area contributed by atoms with Gasteiger partial charge in [-0.3, -0.25) is 15.1 Å². The molecule has 1 aromatic carbocycles. The van der Waals surface area contributed by atoms with Gasteiger partial charge >= 0.3 is 0 Å². The second-order valence-electron chi connectivity index (χ2n) is 5.75. The summed E-state index contributed by atoms with van der Waals surface area (Å²) in [6, 6.07) is 6.78. The lowest BCUT2D eigenvalue weighted by Crippen LogP contribution is -1.99. The maximum absolute atomic E-state index is 11.1. The number of nitro benzene ring substituents is 1. The van der Waals surface area contributed by atoms with Gasteiger partial charge in [-0.1, -0.05) is 51.2 Å². The number of pyridine rings is 1. The van der Waals surface area contributed by atoms with Crippen molar-refractivity contribution in [1.82, 2.24) is 4.98 Å². The SMILES string of the molecule is CCCCCCCCOCc1cc2c([N+](=O)[O-])cccc2cn1. The highest BCUT2D eigenvalue weighted by Gasteiger charge is 2.11. The van der Waals surface area contributed by atoms with E-state index in [4.69, 9.17) is 4.74 Å². The molecule has 0 unspecified atom stereocenters. The molecule has 0 aliphatic rings. The molecule has 0 saturated carbocycles. The van der Waals surface area contributed by atoms with Gasteiger partial charge in [0.15, 0.2) is 0 Å². The van der Waals surface area contributed by atoms with Gasteiger partial charge in [0.25, 0.3) is 5.69 Å². The van der Waals surface area contributed by atoms with Crippen LogP contribution in [0.2, 0.25) is 0 Å². The molecule has 5 nitrogen and oxygen atoms in total. The third-order valence-corrected chi connectivity index (χ3v) is 3.89. The van der Waals surface area contributed by atoms with E-state index in [1.165, 1.54) is 38.2 Å². The molecular formula is C18H24N2O3. The molecule has 124 valence electrons. The Morgan fingerprint density at radius 2 is 1.96 bits per heavy atom. The number of hydrogen-bond acceptors (Lipinski definition) is 4. The van der Waals surface area contributed by atoms with Crippen LogP contribution in [-0.4, -0.2) is 16.5 Å². The van der Waals surface area contributed by atoms with Gasteiger partial charge in [0, 0.05) is 24.3 Å². The molecule has 1 heterocycles. The van der Waals surface area contributed by atoms with Crippen LogP contribution in [0.1, 0.15) is 51.1 Å². The van der Waals surface area contributed by atoms with Crippen LogP contribution in [0.25, 0.3) is 10.8 Å². The summed E-state index contributed by atoms with van der Waals surface area (Å²) >= 11 is 0. The van der Waals surface area contributed by atoms with E-state index in [1.54, 1.807) is 18.3 Å². The molecule has 0 fully saturated rings. The third kappa shape index (κ3) is 5.28. The van der Waals surface area contributed by atoms with Gasteiger partial charge < -0.3 is 4.74 Å². The molecule has 2 rings (SSSR count). The molecule has 0 bridgehead atoms. The Morgan fingerprint density at radius 1 is 1.17 bits per heavy atom. The first kappa shape index (κ1) is 17.3. The fourth-order valence-electron chi connectivity index (χ4n) is 2.60. The maximum Gasteiger partial charge on any atom is 0.277 e. The minimum Gasteiger partial charge on any atom is -0.375 e. The fourth-order valence-corrected chi connectivity index (χ4v) is 2.60. The van der Waals surface area contributed by atoms with Crippen molar-refractivity contribution in [3.63, 3.8) is 0 Å². The van der Waals surface area contributed by atoms with Crippen LogP contribution >= 0.6 is 0 Å². The van der Waals surface area contributed by atoms with E-state index in [0.29, 0.717) is 18.6 Å². The molecule has 0 aliphatic heterocycles. The van der Waals surface area contributed by atoms with E-state index in [1.807, 2.05) is 6.07 Å². The lowest BCUT2D eigenvalue weighted by atomic mass is 10.1. The zero-order valence-electron chi connectivity index (χ0n) is 13.7. The Morgan fingerprint density at radius 3 is 2.74 bits per heavy atom. The quantitative estimate of drug-likeness (QED) is 0.351. The number of fused-ring (bicyclic) bond motifs is 1. The molecule has 0 saturated heterocycles. The molecule has 0 spiro atoms. The largest absolute Gasteiger partial charge is 0.375 e. The summed E-state index contributed by atoms with van der Waals surface area (Å²) in [5.74, 6) is 0. The molecule has 0 N–H and O–H groups in total. The number of non-ortho nitro benzene ring substituents is 1. The van der Waals surface area contributed by atoms with Gasteiger partial charge in [0.2, 0.25) is 0 Å². The van der Waals surface area contributed by atoms with Crippen molar-refractivity contribution < 1.29 is 9.66 Å². The molecule has 0 amide bonds. The Kier molecular flexibility index (Phi) is 6.94. The molecule has 2 aromatic rings. The molecule has 0 atom stereocenters. The third-order valence-electron chi connectivity index (χ3n) is 3.89. The van der Waals surface area contributed by atoms with Gasteiger partial charge in [-0.15, -0.1) is 0 Å². The summed E-state index contributed by atoms with van der Waals surface area (Å²) in [4.78, 5) is 15.0. The van der Waals surface area contributed by atoms with Crippen LogP contribution < -0.4 is 0 Å². The number of rotatable bonds is 10. The van der Waals surface area contributed by atoms with Crippen LogP contribution in [-0.2, 0) is 11.3 Å². The molecule has 23 heavy (non-hydrogen) atoms. The molecule has 0 aliphatic carbocycles. The zero-order valence-corrected chi connectivity index (χ0v) is 13.7. The predicted molar refractivity (Wildman–Crippen MR) is 91.4 cm³/mol. The van der Waals surface area contributed by atoms with E-state index >= 15 is 0 Å². The minimum absolute atomic E-state index is 0.113. The van der Waals surface area contributed by atoms with Crippen molar-refractivity contribution in [3.05, 3.63) is 46.3 Å². The number of aromatic nitrogens is 1. The monoisotopic (exact) mass is 316 g/mol.